The minimum Gasteiger partial charge on any atom is -0.354 e. The van der Waals surface area contributed by atoms with E-state index in [0.717, 1.165) is 23.4 Å². The van der Waals surface area contributed by atoms with Crippen LogP contribution in [0, 0.1) is 12.8 Å². The summed E-state index contributed by atoms with van der Waals surface area (Å²) in [6.07, 6.45) is 7.08. The van der Waals surface area contributed by atoms with Crippen LogP contribution in [0.15, 0.2) is 11.2 Å². The van der Waals surface area contributed by atoms with Crippen LogP contribution in [0.25, 0.3) is 0 Å². The maximum atomic E-state index is 4.30. The van der Waals surface area contributed by atoms with Gasteiger partial charge in [-0.2, -0.15) is 0 Å². The Hall–Kier alpha value is -0.370. The third-order valence-electron chi connectivity index (χ3n) is 3.68. The van der Waals surface area contributed by atoms with Gasteiger partial charge in [-0.1, -0.05) is 6.92 Å². The topological polar surface area (TPSA) is 49.3 Å². The second kappa shape index (κ2) is 8.81. The van der Waals surface area contributed by atoms with Gasteiger partial charge in [0.25, 0.3) is 0 Å². The molecule has 4 nitrogen and oxygen atoms in total. The highest BCUT2D eigenvalue weighted by atomic mass is 127. The van der Waals surface area contributed by atoms with Crippen LogP contribution in [0.4, 0.5) is 0 Å². The predicted molar refractivity (Wildman–Crippen MR) is 97.0 cm³/mol. The molecule has 0 aromatic carbocycles. The molecule has 1 fully saturated rings. The fourth-order valence-corrected chi connectivity index (χ4v) is 3.18. The molecule has 0 bridgehead atoms. The molecule has 1 aliphatic rings. The monoisotopic (exact) mass is 408 g/mol. The van der Waals surface area contributed by atoms with Crippen molar-refractivity contribution >= 4 is 41.3 Å². The number of aromatic nitrogens is 1. The van der Waals surface area contributed by atoms with Gasteiger partial charge in [0.05, 0.1) is 11.6 Å². The largest absolute Gasteiger partial charge is 0.354 e. The van der Waals surface area contributed by atoms with E-state index in [4.69, 9.17) is 0 Å². The van der Waals surface area contributed by atoms with Gasteiger partial charge in [0, 0.05) is 24.2 Å². The second-order valence-electron chi connectivity index (χ2n) is 5.37. The zero-order valence-electron chi connectivity index (χ0n) is 12.5. The Morgan fingerprint density at radius 2 is 2.10 bits per heavy atom. The third-order valence-corrected chi connectivity index (χ3v) is 4.59. The van der Waals surface area contributed by atoms with Gasteiger partial charge in [-0.05, 0) is 38.5 Å². The summed E-state index contributed by atoms with van der Waals surface area (Å²) in [7, 11) is 1.83. The number of hydrogen-bond donors (Lipinski definition) is 2. The molecule has 20 heavy (non-hydrogen) atoms. The molecule has 1 aromatic heterocycles. The van der Waals surface area contributed by atoms with Gasteiger partial charge in [0.2, 0.25) is 0 Å². The highest BCUT2D eigenvalue weighted by Crippen LogP contribution is 2.23. The zero-order chi connectivity index (χ0) is 13.7. The van der Waals surface area contributed by atoms with Crippen molar-refractivity contribution in [1.82, 2.24) is 15.6 Å². The number of guanidine groups is 1. The fraction of sp³-hybridized carbons (Fsp3) is 0.714. The summed E-state index contributed by atoms with van der Waals surface area (Å²) in [6, 6.07) is 0.575. The van der Waals surface area contributed by atoms with Crippen LogP contribution in [0.2, 0.25) is 0 Å². The molecule has 0 spiro atoms. The van der Waals surface area contributed by atoms with Crippen LogP contribution in [0.3, 0.4) is 0 Å². The number of aryl methyl sites for hydroxylation is 1. The molecule has 1 saturated carbocycles. The summed E-state index contributed by atoms with van der Waals surface area (Å²) in [5.41, 5.74) is 0. The minimum atomic E-state index is 0. The molecule has 114 valence electrons. The quantitative estimate of drug-likeness (QED) is 0.459. The molecule has 2 N–H and O–H groups in total. The van der Waals surface area contributed by atoms with Crippen LogP contribution in [0.5, 0.6) is 0 Å². The summed E-state index contributed by atoms with van der Waals surface area (Å²) in [5.74, 6) is 1.79. The second-order valence-corrected chi connectivity index (χ2v) is 6.69. The van der Waals surface area contributed by atoms with E-state index >= 15 is 0 Å². The average molecular weight is 408 g/mol. The first kappa shape index (κ1) is 17.7. The summed E-state index contributed by atoms with van der Waals surface area (Å²) in [6.45, 7) is 5.17. The number of hydrogen-bond acceptors (Lipinski definition) is 3. The Morgan fingerprint density at radius 1 is 1.40 bits per heavy atom. The molecule has 0 saturated heterocycles. The molecule has 0 aliphatic heterocycles. The van der Waals surface area contributed by atoms with E-state index in [9.17, 15) is 0 Å². The average Bonchev–Trinajstić information content (AvgIpc) is 2.82. The SMILES string of the molecule is CN=C(NCc1cnc(C)s1)NC1CCC(C)CC1.I. The number of nitrogens with one attached hydrogen (secondary N) is 2. The van der Waals surface area contributed by atoms with E-state index in [1.165, 1.54) is 30.6 Å². The van der Waals surface area contributed by atoms with Gasteiger partial charge in [-0.15, -0.1) is 35.3 Å². The van der Waals surface area contributed by atoms with Crippen molar-refractivity contribution in [3.63, 3.8) is 0 Å². The van der Waals surface area contributed by atoms with Gasteiger partial charge in [-0.3, -0.25) is 4.99 Å². The first-order chi connectivity index (χ1) is 9.17. The van der Waals surface area contributed by atoms with E-state index in [1.54, 1.807) is 11.3 Å². The third kappa shape index (κ3) is 5.55. The van der Waals surface area contributed by atoms with Gasteiger partial charge < -0.3 is 10.6 Å². The molecule has 2 rings (SSSR count). The maximum absolute atomic E-state index is 4.30. The van der Waals surface area contributed by atoms with Crippen LogP contribution >= 0.6 is 35.3 Å². The smallest absolute Gasteiger partial charge is 0.191 e. The number of rotatable bonds is 3. The van der Waals surface area contributed by atoms with Gasteiger partial charge >= 0.3 is 0 Å². The van der Waals surface area contributed by atoms with Gasteiger partial charge in [0.15, 0.2) is 5.96 Å². The fourth-order valence-electron chi connectivity index (χ4n) is 2.45. The molecule has 1 heterocycles. The highest BCUT2D eigenvalue weighted by Gasteiger charge is 2.18. The molecular weight excluding hydrogens is 383 g/mol. The number of halogens is 1. The van der Waals surface area contributed by atoms with E-state index in [1.807, 2.05) is 20.2 Å². The minimum absolute atomic E-state index is 0. The lowest BCUT2D eigenvalue weighted by molar-refractivity contribution is 0.329. The molecule has 0 atom stereocenters. The van der Waals surface area contributed by atoms with E-state index in [0.29, 0.717) is 6.04 Å². The zero-order valence-corrected chi connectivity index (χ0v) is 15.6. The molecule has 0 radical (unpaired) electrons. The first-order valence-corrected chi connectivity index (χ1v) is 7.87. The summed E-state index contributed by atoms with van der Waals surface area (Å²) in [5, 5.41) is 8.01. The Kier molecular flexibility index (Phi) is 7.79. The Balaban J connectivity index is 0.00000200. The molecule has 6 heteroatoms. The van der Waals surface area contributed by atoms with Crippen molar-refractivity contribution in [2.75, 3.05) is 7.05 Å². The summed E-state index contributed by atoms with van der Waals surface area (Å²) in [4.78, 5) is 9.81. The van der Waals surface area contributed by atoms with Crippen LogP contribution in [-0.4, -0.2) is 24.0 Å². The first-order valence-electron chi connectivity index (χ1n) is 7.06. The maximum Gasteiger partial charge on any atom is 0.191 e. The van der Waals surface area contributed by atoms with Crippen LogP contribution < -0.4 is 10.6 Å². The Morgan fingerprint density at radius 3 is 2.65 bits per heavy atom. The number of nitrogens with zero attached hydrogens (tertiary/aromatic N) is 2. The number of aliphatic imine (C=N–C) groups is 1. The molecule has 1 aromatic rings. The van der Waals surface area contributed by atoms with Crippen molar-refractivity contribution in [2.24, 2.45) is 10.9 Å². The lowest BCUT2D eigenvalue weighted by Crippen LogP contribution is -2.44. The summed E-state index contributed by atoms with van der Waals surface area (Å²) < 4.78 is 0. The lowest BCUT2D eigenvalue weighted by Gasteiger charge is -2.28. The van der Waals surface area contributed by atoms with Crippen molar-refractivity contribution in [3.8, 4) is 0 Å². The van der Waals surface area contributed by atoms with Gasteiger partial charge in [-0.25, -0.2) is 4.98 Å². The molecule has 0 unspecified atom stereocenters. The van der Waals surface area contributed by atoms with Gasteiger partial charge in [0.1, 0.15) is 0 Å². The van der Waals surface area contributed by atoms with Crippen molar-refractivity contribution in [2.45, 2.75) is 52.1 Å². The van der Waals surface area contributed by atoms with Crippen LogP contribution in [0.1, 0.15) is 42.5 Å². The Labute approximate surface area is 142 Å². The predicted octanol–water partition coefficient (Wildman–Crippen LogP) is 3.31. The van der Waals surface area contributed by atoms with Crippen molar-refractivity contribution in [1.29, 1.82) is 0 Å². The highest BCUT2D eigenvalue weighted by molar-refractivity contribution is 14.0. The van der Waals surface area contributed by atoms with E-state index in [2.05, 4.69) is 27.5 Å². The van der Waals surface area contributed by atoms with Crippen molar-refractivity contribution < 1.29 is 0 Å². The van der Waals surface area contributed by atoms with Crippen LogP contribution in [-0.2, 0) is 6.54 Å². The lowest BCUT2D eigenvalue weighted by atomic mass is 9.87. The standard InChI is InChI=1S/C14H24N4S.HI/c1-10-4-6-12(7-5-10)18-14(15-3)17-9-13-8-16-11(2)19-13;/h8,10,12H,4-7,9H2,1-3H3,(H2,15,17,18);1H. The van der Waals surface area contributed by atoms with Crippen molar-refractivity contribution in [3.05, 3.63) is 16.1 Å². The molecule has 0 amide bonds. The summed E-state index contributed by atoms with van der Waals surface area (Å²) >= 11 is 1.73. The molecule has 1 aliphatic carbocycles. The van der Waals surface area contributed by atoms with E-state index in [-0.39, 0.29) is 24.0 Å². The van der Waals surface area contributed by atoms with E-state index < -0.39 is 0 Å². The number of thiazole rings is 1. The molecular formula is C14H25IN4S. The normalized spacial score (nSPS) is 23.1. The Bertz CT molecular complexity index is 425.